The summed E-state index contributed by atoms with van der Waals surface area (Å²) in [4.78, 5) is 14.1. The van der Waals surface area contributed by atoms with E-state index in [4.69, 9.17) is 9.47 Å². The van der Waals surface area contributed by atoms with Crippen molar-refractivity contribution in [3.63, 3.8) is 0 Å². The van der Waals surface area contributed by atoms with Gasteiger partial charge in [-0.15, -0.1) is 10.2 Å². The summed E-state index contributed by atoms with van der Waals surface area (Å²) in [6.07, 6.45) is 2.36. The lowest BCUT2D eigenvalue weighted by atomic mass is 10.2. The van der Waals surface area contributed by atoms with Gasteiger partial charge in [0.1, 0.15) is 10.8 Å². The van der Waals surface area contributed by atoms with E-state index in [0.717, 1.165) is 29.2 Å². The van der Waals surface area contributed by atoms with Crippen LogP contribution in [0.2, 0.25) is 0 Å². The molecule has 0 radical (unpaired) electrons. The molecule has 0 spiro atoms. The molecule has 0 bridgehead atoms. The lowest BCUT2D eigenvalue weighted by Gasteiger charge is -2.18. The van der Waals surface area contributed by atoms with Crippen LogP contribution in [0.1, 0.15) is 33.1 Å². The lowest BCUT2D eigenvalue weighted by Crippen LogP contribution is -2.33. The van der Waals surface area contributed by atoms with Crippen LogP contribution in [0, 0.1) is 0 Å². The molecule has 0 saturated carbocycles. The first-order valence-corrected chi connectivity index (χ1v) is 9.37. The Labute approximate surface area is 152 Å². The summed E-state index contributed by atoms with van der Waals surface area (Å²) >= 11 is 1.41. The van der Waals surface area contributed by atoms with Crippen LogP contribution in [0.4, 0.5) is 5.13 Å². The van der Waals surface area contributed by atoms with Gasteiger partial charge in [0.15, 0.2) is 0 Å². The highest BCUT2D eigenvalue weighted by molar-refractivity contribution is 7.18. The van der Waals surface area contributed by atoms with Crippen LogP contribution in [-0.2, 0) is 9.53 Å². The van der Waals surface area contributed by atoms with Gasteiger partial charge >= 0.3 is 0 Å². The summed E-state index contributed by atoms with van der Waals surface area (Å²) in [7, 11) is 1.63. The minimum Gasteiger partial charge on any atom is -0.494 e. The number of hydrogen-bond acceptors (Lipinski definition) is 6. The van der Waals surface area contributed by atoms with Crippen molar-refractivity contribution in [2.45, 2.75) is 33.1 Å². The number of ether oxygens (including phenoxy) is 2. The Kier molecular flexibility index (Phi) is 7.81. The summed E-state index contributed by atoms with van der Waals surface area (Å²) in [6, 6.07) is 7.73. The molecule has 0 aliphatic heterocycles. The summed E-state index contributed by atoms with van der Waals surface area (Å²) < 4.78 is 10.6. The van der Waals surface area contributed by atoms with Gasteiger partial charge in [-0.05, 0) is 37.6 Å². The van der Waals surface area contributed by atoms with E-state index in [-0.39, 0.29) is 5.91 Å². The third-order valence-corrected chi connectivity index (χ3v) is 4.62. The predicted octanol–water partition coefficient (Wildman–Crippen LogP) is 3.77. The molecule has 1 heterocycles. The molecule has 25 heavy (non-hydrogen) atoms. The number of carbonyl (C=O) groups excluding carboxylic acids is 1. The van der Waals surface area contributed by atoms with Gasteiger partial charge in [-0.3, -0.25) is 9.69 Å². The maximum atomic E-state index is 12.5. The molecule has 0 atom stereocenters. The molecule has 7 heteroatoms. The third-order valence-electron chi connectivity index (χ3n) is 3.62. The van der Waals surface area contributed by atoms with Crippen LogP contribution >= 0.6 is 11.3 Å². The quantitative estimate of drug-likeness (QED) is 0.643. The molecule has 2 rings (SSSR count). The van der Waals surface area contributed by atoms with Gasteiger partial charge in [-0.1, -0.05) is 24.7 Å². The molecular weight excluding hydrogens is 338 g/mol. The fourth-order valence-electron chi connectivity index (χ4n) is 2.27. The Bertz CT molecular complexity index is 658. The number of anilines is 1. The molecule has 1 amide bonds. The number of aromatic nitrogens is 2. The lowest BCUT2D eigenvalue weighted by molar-refractivity contribution is -0.118. The SMILES string of the molecule is CCCCC(=O)N(CCOC)c1nnc(-c2ccc(OCC)cc2)s1. The van der Waals surface area contributed by atoms with E-state index in [1.807, 2.05) is 31.2 Å². The first kappa shape index (κ1) is 19.3. The van der Waals surface area contributed by atoms with E-state index < -0.39 is 0 Å². The Hall–Kier alpha value is -1.99. The minimum atomic E-state index is 0.0632. The van der Waals surface area contributed by atoms with E-state index in [1.165, 1.54) is 11.3 Å². The van der Waals surface area contributed by atoms with E-state index in [9.17, 15) is 4.79 Å². The standard InChI is InChI=1S/C18H25N3O3S/c1-4-6-7-16(22)21(12-13-23-3)18-20-19-17(25-18)14-8-10-15(11-9-14)24-5-2/h8-11H,4-7,12-13H2,1-3H3. The molecular formula is C18H25N3O3S. The van der Waals surface area contributed by atoms with Gasteiger partial charge in [0.25, 0.3) is 0 Å². The third kappa shape index (κ3) is 5.51. The van der Waals surface area contributed by atoms with Crippen LogP contribution in [0.25, 0.3) is 10.6 Å². The topological polar surface area (TPSA) is 64.6 Å². The Morgan fingerprint density at radius 2 is 1.96 bits per heavy atom. The van der Waals surface area contributed by atoms with E-state index >= 15 is 0 Å². The van der Waals surface area contributed by atoms with Crippen LogP contribution in [0.3, 0.4) is 0 Å². The predicted molar refractivity (Wildman–Crippen MR) is 100 cm³/mol. The maximum Gasteiger partial charge on any atom is 0.228 e. The second-order valence-electron chi connectivity index (χ2n) is 5.49. The molecule has 6 nitrogen and oxygen atoms in total. The molecule has 0 aliphatic carbocycles. The van der Waals surface area contributed by atoms with Crippen molar-refractivity contribution in [1.29, 1.82) is 0 Å². The van der Waals surface area contributed by atoms with Crippen molar-refractivity contribution >= 4 is 22.4 Å². The maximum absolute atomic E-state index is 12.5. The Balaban J connectivity index is 2.15. The highest BCUT2D eigenvalue weighted by Crippen LogP contribution is 2.30. The van der Waals surface area contributed by atoms with Gasteiger partial charge in [0, 0.05) is 19.1 Å². The molecule has 1 aromatic heterocycles. The van der Waals surface area contributed by atoms with Crippen molar-refractivity contribution in [3.05, 3.63) is 24.3 Å². The van der Waals surface area contributed by atoms with Crippen LogP contribution in [0.5, 0.6) is 5.75 Å². The van der Waals surface area contributed by atoms with Crippen molar-refractivity contribution in [1.82, 2.24) is 10.2 Å². The summed E-state index contributed by atoms with van der Waals surface area (Å²) in [5.41, 5.74) is 0.958. The van der Waals surface area contributed by atoms with Crippen LogP contribution < -0.4 is 9.64 Å². The average Bonchev–Trinajstić information content (AvgIpc) is 3.11. The zero-order valence-electron chi connectivity index (χ0n) is 15.0. The largest absolute Gasteiger partial charge is 0.494 e. The van der Waals surface area contributed by atoms with E-state index in [0.29, 0.717) is 31.3 Å². The number of amides is 1. The summed E-state index contributed by atoms with van der Waals surface area (Å²) in [6.45, 7) is 5.61. The smallest absolute Gasteiger partial charge is 0.228 e. The highest BCUT2D eigenvalue weighted by atomic mass is 32.1. The number of rotatable bonds is 10. The van der Waals surface area contributed by atoms with Gasteiger partial charge in [0.2, 0.25) is 11.0 Å². The second-order valence-corrected chi connectivity index (χ2v) is 6.44. The van der Waals surface area contributed by atoms with Crippen molar-refractivity contribution < 1.29 is 14.3 Å². The number of unbranched alkanes of at least 4 members (excludes halogenated alkanes) is 1. The number of nitrogens with zero attached hydrogens (tertiary/aromatic N) is 3. The molecule has 0 N–H and O–H groups in total. The zero-order valence-corrected chi connectivity index (χ0v) is 15.8. The summed E-state index contributed by atoms with van der Waals surface area (Å²) in [5.74, 6) is 0.890. The first-order valence-electron chi connectivity index (χ1n) is 8.55. The number of methoxy groups -OCH3 is 1. The van der Waals surface area contributed by atoms with Gasteiger partial charge in [-0.25, -0.2) is 0 Å². The molecule has 0 saturated heterocycles. The Morgan fingerprint density at radius 1 is 1.20 bits per heavy atom. The fraction of sp³-hybridized carbons (Fsp3) is 0.500. The number of carbonyl (C=O) groups is 1. The van der Waals surface area contributed by atoms with Gasteiger partial charge < -0.3 is 9.47 Å². The zero-order chi connectivity index (χ0) is 18.1. The summed E-state index contributed by atoms with van der Waals surface area (Å²) in [5, 5.41) is 9.86. The van der Waals surface area contributed by atoms with E-state index in [2.05, 4.69) is 17.1 Å². The molecule has 0 aliphatic rings. The average molecular weight is 363 g/mol. The van der Waals surface area contributed by atoms with Gasteiger partial charge in [0.05, 0.1) is 19.8 Å². The monoisotopic (exact) mass is 363 g/mol. The Morgan fingerprint density at radius 3 is 2.60 bits per heavy atom. The minimum absolute atomic E-state index is 0.0632. The molecule has 136 valence electrons. The van der Waals surface area contributed by atoms with Crippen LogP contribution in [0.15, 0.2) is 24.3 Å². The molecule has 2 aromatic rings. The van der Waals surface area contributed by atoms with Gasteiger partial charge in [-0.2, -0.15) is 0 Å². The second kappa shape index (κ2) is 10.1. The number of hydrogen-bond donors (Lipinski definition) is 0. The molecule has 1 aromatic carbocycles. The molecule has 0 unspecified atom stereocenters. The fourth-order valence-corrected chi connectivity index (χ4v) is 3.17. The highest BCUT2D eigenvalue weighted by Gasteiger charge is 2.20. The van der Waals surface area contributed by atoms with Crippen LogP contribution in [-0.4, -0.2) is 43.0 Å². The normalized spacial score (nSPS) is 10.7. The van der Waals surface area contributed by atoms with Crippen molar-refractivity contribution in [2.24, 2.45) is 0 Å². The van der Waals surface area contributed by atoms with Crippen molar-refractivity contribution in [3.8, 4) is 16.3 Å². The molecule has 0 fully saturated rings. The van der Waals surface area contributed by atoms with Crippen molar-refractivity contribution in [2.75, 3.05) is 31.8 Å². The van der Waals surface area contributed by atoms with E-state index in [1.54, 1.807) is 12.0 Å². The first-order chi connectivity index (χ1) is 12.2. The number of benzene rings is 1.